The lowest BCUT2D eigenvalue weighted by molar-refractivity contribution is -0.402. The third-order valence-corrected chi connectivity index (χ3v) is 3.79. The van der Waals surface area contributed by atoms with Crippen LogP contribution in [0.4, 0.5) is 5.88 Å². The van der Waals surface area contributed by atoms with E-state index in [-0.39, 0.29) is 11.6 Å². The second-order valence-corrected chi connectivity index (χ2v) is 5.22. The molecule has 0 atom stereocenters. The number of fused-ring (bicyclic) bond motifs is 3. The van der Waals surface area contributed by atoms with Gasteiger partial charge in [-0.3, -0.25) is 10.1 Å². The molecule has 1 heterocycles. The second kappa shape index (κ2) is 5.58. The Morgan fingerprint density at radius 3 is 2.00 bits per heavy atom. The molecule has 0 fully saturated rings. The van der Waals surface area contributed by atoms with Gasteiger partial charge in [0.1, 0.15) is 10.6 Å². The van der Waals surface area contributed by atoms with Crippen LogP contribution in [0.5, 0.6) is 0 Å². The lowest BCUT2D eigenvalue weighted by Crippen LogP contribution is -1.96. The smallest absolute Gasteiger partial charge is 0.400 e. The molecule has 0 radical (unpaired) electrons. The molecule has 0 spiro atoms. The average molecular weight is 317 g/mol. The van der Waals surface area contributed by atoms with Gasteiger partial charge in [0.2, 0.25) is 0 Å². The molecule has 1 aliphatic carbocycles. The molecule has 1 aliphatic rings. The van der Waals surface area contributed by atoms with Crippen molar-refractivity contribution in [3.05, 3.63) is 87.7 Å². The average Bonchev–Trinajstić information content (AvgIpc) is 3.19. The number of furan rings is 1. The van der Waals surface area contributed by atoms with E-state index in [0.29, 0.717) is 0 Å². The van der Waals surface area contributed by atoms with Crippen LogP contribution in [0.25, 0.3) is 11.1 Å². The highest BCUT2D eigenvalue weighted by Gasteiger charge is 2.23. The monoisotopic (exact) mass is 317 g/mol. The van der Waals surface area contributed by atoms with Crippen LogP contribution in [0, 0.1) is 10.1 Å². The summed E-state index contributed by atoms with van der Waals surface area (Å²) in [6, 6.07) is 18.8. The molecule has 0 unspecified atom stereocenters. The molecule has 6 heteroatoms. The molecule has 2 aromatic carbocycles. The van der Waals surface area contributed by atoms with Gasteiger partial charge in [-0.1, -0.05) is 48.5 Å². The molecule has 0 N–H and O–H groups in total. The third kappa shape index (κ3) is 2.30. The molecular formula is C18H11N3O3. The Morgan fingerprint density at radius 2 is 1.46 bits per heavy atom. The molecule has 3 aromatic rings. The molecule has 0 amide bonds. The minimum Gasteiger partial charge on any atom is -0.400 e. The maximum Gasteiger partial charge on any atom is 0.433 e. The SMILES string of the molecule is O=[N+]([O-])c1ccc(/C=N\N=C2c3ccccc3-c3ccccc32)o1. The summed E-state index contributed by atoms with van der Waals surface area (Å²) in [5.41, 5.74) is 5.05. The van der Waals surface area contributed by atoms with Crippen LogP contribution < -0.4 is 0 Å². The lowest BCUT2D eigenvalue weighted by Gasteiger charge is -1.97. The van der Waals surface area contributed by atoms with E-state index >= 15 is 0 Å². The minimum absolute atomic E-state index is 0.283. The van der Waals surface area contributed by atoms with E-state index in [2.05, 4.69) is 22.3 Å². The Balaban J connectivity index is 1.71. The van der Waals surface area contributed by atoms with Gasteiger partial charge in [-0.2, -0.15) is 5.10 Å². The van der Waals surface area contributed by atoms with Gasteiger partial charge in [-0.15, -0.1) is 5.10 Å². The van der Waals surface area contributed by atoms with Crippen molar-refractivity contribution in [1.29, 1.82) is 0 Å². The Bertz CT molecular complexity index is 955. The van der Waals surface area contributed by atoms with Gasteiger partial charge in [-0.05, 0) is 17.2 Å². The maximum atomic E-state index is 10.6. The van der Waals surface area contributed by atoms with Crippen LogP contribution in [-0.4, -0.2) is 16.8 Å². The highest BCUT2D eigenvalue weighted by atomic mass is 16.6. The lowest BCUT2D eigenvalue weighted by atomic mass is 10.1. The van der Waals surface area contributed by atoms with Crippen LogP contribution in [0.3, 0.4) is 0 Å². The highest BCUT2D eigenvalue weighted by Crippen LogP contribution is 2.36. The first-order valence-corrected chi connectivity index (χ1v) is 7.28. The molecular weight excluding hydrogens is 306 g/mol. The molecule has 1 aromatic heterocycles. The largest absolute Gasteiger partial charge is 0.433 e. The normalized spacial score (nSPS) is 12.2. The maximum absolute atomic E-state index is 10.6. The second-order valence-electron chi connectivity index (χ2n) is 5.22. The molecule has 24 heavy (non-hydrogen) atoms. The van der Waals surface area contributed by atoms with Crippen molar-refractivity contribution in [2.24, 2.45) is 10.2 Å². The summed E-state index contributed by atoms with van der Waals surface area (Å²) in [7, 11) is 0. The molecule has 0 saturated heterocycles. The Morgan fingerprint density at radius 1 is 0.875 bits per heavy atom. The summed E-state index contributed by atoms with van der Waals surface area (Å²) in [6.07, 6.45) is 1.36. The van der Waals surface area contributed by atoms with Gasteiger partial charge in [-0.25, -0.2) is 0 Å². The van der Waals surface area contributed by atoms with Crippen molar-refractivity contribution in [2.75, 3.05) is 0 Å². The summed E-state index contributed by atoms with van der Waals surface area (Å²) < 4.78 is 5.03. The summed E-state index contributed by atoms with van der Waals surface area (Å²) in [5, 5.41) is 19.0. The van der Waals surface area contributed by atoms with E-state index in [1.54, 1.807) is 0 Å². The van der Waals surface area contributed by atoms with Gasteiger partial charge in [0.15, 0.2) is 5.76 Å². The molecule has 4 rings (SSSR count). The van der Waals surface area contributed by atoms with Crippen molar-refractivity contribution in [3.63, 3.8) is 0 Å². The predicted octanol–water partition coefficient (Wildman–Crippen LogP) is 4.04. The van der Waals surface area contributed by atoms with E-state index in [0.717, 1.165) is 28.0 Å². The molecule has 0 aliphatic heterocycles. The minimum atomic E-state index is -0.591. The fourth-order valence-corrected chi connectivity index (χ4v) is 2.76. The summed E-state index contributed by atoms with van der Waals surface area (Å²) in [6.45, 7) is 0. The predicted molar refractivity (Wildman–Crippen MR) is 90.5 cm³/mol. The van der Waals surface area contributed by atoms with Crippen molar-refractivity contribution in [1.82, 2.24) is 0 Å². The Hall–Kier alpha value is -3.54. The van der Waals surface area contributed by atoms with E-state index in [9.17, 15) is 10.1 Å². The number of benzene rings is 2. The van der Waals surface area contributed by atoms with E-state index in [1.165, 1.54) is 18.3 Å². The molecule has 0 bridgehead atoms. The zero-order valence-electron chi connectivity index (χ0n) is 12.4. The van der Waals surface area contributed by atoms with Gasteiger partial charge in [0.25, 0.3) is 0 Å². The van der Waals surface area contributed by atoms with Crippen LogP contribution in [0.15, 0.2) is 75.3 Å². The Labute approximate surface area is 136 Å². The van der Waals surface area contributed by atoms with Gasteiger partial charge >= 0.3 is 5.88 Å². The summed E-state index contributed by atoms with van der Waals surface area (Å²) in [5.74, 6) is -0.0359. The van der Waals surface area contributed by atoms with Crippen LogP contribution >= 0.6 is 0 Å². The molecule has 6 nitrogen and oxygen atoms in total. The molecule has 0 saturated carbocycles. The molecule has 116 valence electrons. The fraction of sp³-hybridized carbons (Fsp3) is 0. The Kier molecular flexibility index (Phi) is 3.28. The van der Waals surface area contributed by atoms with Crippen molar-refractivity contribution >= 4 is 17.8 Å². The zero-order valence-corrected chi connectivity index (χ0v) is 12.4. The number of nitro groups is 1. The zero-order chi connectivity index (χ0) is 16.5. The quantitative estimate of drug-likeness (QED) is 0.325. The van der Waals surface area contributed by atoms with Crippen LogP contribution in [-0.2, 0) is 0 Å². The first-order valence-electron chi connectivity index (χ1n) is 7.28. The van der Waals surface area contributed by atoms with Crippen molar-refractivity contribution in [2.45, 2.75) is 0 Å². The number of hydrogen-bond donors (Lipinski definition) is 0. The highest BCUT2D eigenvalue weighted by molar-refractivity contribution is 6.24. The van der Waals surface area contributed by atoms with Gasteiger partial charge in [0.05, 0.1) is 12.3 Å². The number of hydrogen-bond acceptors (Lipinski definition) is 5. The number of nitrogens with zero attached hydrogens (tertiary/aromatic N) is 3. The van der Waals surface area contributed by atoms with E-state index in [1.807, 2.05) is 36.4 Å². The van der Waals surface area contributed by atoms with Gasteiger partial charge in [0, 0.05) is 11.1 Å². The van der Waals surface area contributed by atoms with Crippen LogP contribution in [0.2, 0.25) is 0 Å². The van der Waals surface area contributed by atoms with Crippen molar-refractivity contribution < 1.29 is 9.34 Å². The number of rotatable bonds is 3. The van der Waals surface area contributed by atoms with E-state index < -0.39 is 4.92 Å². The summed E-state index contributed by atoms with van der Waals surface area (Å²) >= 11 is 0. The first-order chi connectivity index (χ1) is 11.7. The summed E-state index contributed by atoms with van der Waals surface area (Å²) in [4.78, 5) is 10.0. The fourth-order valence-electron chi connectivity index (χ4n) is 2.76. The first kappa shape index (κ1) is 14.1. The van der Waals surface area contributed by atoms with Crippen molar-refractivity contribution in [3.8, 4) is 11.1 Å². The van der Waals surface area contributed by atoms with Gasteiger partial charge < -0.3 is 4.42 Å². The topological polar surface area (TPSA) is 81.0 Å². The van der Waals surface area contributed by atoms with E-state index in [4.69, 9.17) is 4.42 Å². The standard InChI is InChI=1S/C18H11N3O3/c22-21(23)17-10-9-12(24-17)11-19-20-18-15-7-3-1-5-13(15)14-6-2-4-8-16(14)18/h1-11H/b19-11-. The van der Waals surface area contributed by atoms with Crippen LogP contribution in [0.1, 0.15) is 16.9 Å². The third-order valence-electron chi connectivity index (χ3n) is 3.79.